The van der Waals surface area contributed by atoms with Crippen LogP contribution in [-0.4, -0.2) is 17.7 Å². The van der Waals surface area contributed by atoms with Crippen molar-refractivity contribution in [3.8, 4) is 11.8 Å². The molecular formula is C10H7F3N2O3. The van der Waals surface area contributed by atoms with Crippen molar-refractivity contribution in [1.29, 1.82) is 5.26 Å². The first kappa shape index (κ1) is 13.8. The van der Waals surface area contributed by atoms with E-state index in [0.29, 0.717) is 0 Å². The van der Waals surface area contributed by atoms with Crippen LogP contribution in [0, 0.1) is 21.4 Å². The van der Waals surface area contributed by atoms with Crippen molar-refractivity contribution < 1.29 is 22.8 Å². The van der Waals surface area contributed by atoms with E-state index < -0.39 is 24.1 Å². The van der Waals surface area contributed by atoms with Gasteiger partial charge in [-0.3, -0.25) is 10.1 Å². The topological polar surface area (TPSA) is 76.2 Å². The molecule has 0 aliphatic heterocycles. The summed E-state index contributed by atoms with van der Waals surface area (Å²) in [6.45, 7) is -0.643. The zero-order valence-electron chi connectivity index (χ0n) is 8.90. The van der Waals surface area contributed by atoms with Gasteiger partial charge in [-0.2, -0.15) is 18.4 Å². The van der Waals surface area contributed by atoms with Gasteiger partial charge < -0.3 is 4.74 Å². The Hall–Kier alpha value is -2.30. The first-order chi connectivity index (χ1) is 8.33. The third-order valence-electron chi connectivity index (χ3n) is 1.94. The van der Waals surface area contributed by atoms with Crippen LogP contribution in [0.5, 0.6) is 5.75 Å². The van der Waals surface area contributed by atoms with Crippen LogP contribution >= 0.6 is 0 Å². The largest absolute Gasteiger partial charge is 0.492 e. The fourth-order valence-electron chi connectivity index (χ4n) is 1.12. The molecule has 0 atom stereocenters. The zero-order valence-corrected chi connectivity index (χ0v) is 8.90. The number of halogens is 3. The van der Waals surface area contributed by atoms with Gasteiger partial charge >= 0.3 is 6.18 Å². The van der Waals surface area contributed by atoms with E-state index in [4.69, 9.17) is 10.00 Å². The Balaban J connectivity index is 2.78. The lowest BCUT2D eigenvalue weighted by molar-refractivity contribution is -0.384. The Kier molecular flexibility index (Phi) is 4.09. The minimum absolute atomic E-state index is 0.104. The quantitative estimate of drug-likeness (QED) is 0.616. The second kappa shape index (κ2) is 5.35. The maximum atomic E-state index is 11.9. The lowest BCUT2D eigenvalue weighted by Gasteiger charge is -2.09. The predicted octanol–water partition coefficient (Wildman–Crippen LogP) is 2.80. The smallest absolute Gasteiger partial charge is 0.392 e. The third-order valence-corrected chi connectivity index (χ3v) is 1.94. The number of alkyl halides is 3. The molecule has 1 rings (SSSR count). The highest BCUT2D eigenvalue weighted by atomic mass is 19.4. The van der Waals surface area contributed by atoms with Gasteiger partial charge in [0.25, 0.3) is 5.69 Å². The summed E-state index contributed by atoms with van der Waals surface area (Å²) in [6, 6.07) is 4.74. The van der Waals surface area contributed by atoms with Gasteiger partial charge in [-0.1, -0.05) is 0 Å². The standard InChI is InChI=1S/C10H7F3N2O3/c11-10(12,13)3-4-18-9-2-1-8(15(16)17)5-7(9)6-14/h1-2,5H,3-4H2. The second-order valence-electron chi connectivity index (χ2n) is 3.26. The summed E-state index contributed by atoms with van der Waals surface area (Å²) < 4.78 is 40.4. The van der Waals surface area contributed by atoms with Crippen LogP contribution in [0.4, 0.5) is 18.9 Å². The second-order valence-corrected chi connectivity index (χ2v) is 3.26. The number of rotatable bonds is 4. The molecule has 96 valence electrons. The first-order valence-corrected chi connectivity index (χ1v) is 4.71. The summed E-state index contributed by atoms with van der Waals surface area (Å²) >= 11 is 0. The maximum Gasteiger partial charge on any atom is 0.392 e. The molecule has 0 fully saturated rings. The Labute approximate surface area is 99.5 Å². The van der Waals surface area contributed by atoms with E-state index in [2.05, 4.69) is 0 Å². The van der Waals surface area contributed by atoms with Crippen molar-refractivity contribution in [3.05, 3.63) is 33.9 Å². The van der Waals surface area contributed by atoms with E-state index >= 15 is 0 Å². The van der Waals surface area contributed by atoms with Gasteiger partial charge in [-0.05, 0) is 6.07 Å². The number of ether oxygens (including phenoxy) is 1. The first-order valence-electron chi connectivity index (χ1n) is 4.71. The van der Waals surface area contributed by atoms with Crippen molar-refractivity contribution in [2.45, 2.75) is 12.6 Å². The van der Waals surface area contributed by atoms with E-state index in [1.165, 1.54) is 0 Å². The highest BCUT2D eigenvalue weighted by Crippen LogP contribution is 2.25. The van der Waals surface area contributed by atoms with Gasteiger partial charge in [0.15, 0.2) is 0 Å². The van der Waals surface area contributed by atoms with Gasteiger partial charge in [-0.15, -0.1) is 0 Å². The number of nitro benzene ring substituents is 1. The Bertz CT molecular complexity index is 494. The fraction of sp³-hybridized carbons (Fsp3) is 0.300. The summed E-state index contributed by atoms with van der Waals surface area (Å²) in [5.74, 6) is -0.104. The molecule has 0 spiro atoms. The van der Waals surface area contributed by atoms with Crippen LogP contribution in [0.2, 0.25) is 0 Å². The molecule has 5 nitrogen and oxygen atoms in total. The van der Waals surface area contributed by atoms with E-state index in [9.17, 15) is 23.3 Å². The normalized spacial score (nSPS) is 10.8. The minimum Gasteiger partial charge on any atom is -0.492 e. The molecule has 0 N–H and O–H groups in total. The Morgan fingerprint density at radius 3 is 2.61 bits per heavy atom. The van der Waals surface area contributed by atoms with Gasteiger partial charge in [0.2, 0.25) is 0 Å². The SMILES string of the molecule is N#Cc1cc([N+](=O)[O-])ccc1OCCC(F)(F)F. The lowest BCUT2D eigenvalue weighted by Crippen LogP contribution is -2.13. The Morgan fingerprint density at radius 1 is 1.44 bits per heavy atom. The predicted molar refractivity (Wildman–Crippen MR) is 54.0 cm³/mol. The van der Waals surface area contributed by atoms with Crippen LogP contribution < -0.4 is 4.74 Å². The summed E-state index contributed by atoms with van der Waals surface area (Å²) in [7, 11) is 0. The van der Waals surface area contributed by atoms with E-state index in [1.54, 1.807) is 6.07 Å². The number of hydrogen-bond donors (Lipinski definition) is 0. The number of nitro groups is 1. The highest BCUT2D eigenvalue weighted by Gasteiger charge is 2.27. The van der Waals surface area contributed by atoms with Crippen molar-refractivity contribution >= 4 is 5.69 Å². The monoisotopic (exact) mass is 260 g/mol. The molecule has 0 aliphatic rings. The average molecular weight is 260 g/mol. The molecule has 0 aromatic heterocycles. The van der Waals surface area contributed by atoms with Gasteiger partial charge in [0, 0.05) is 12.1 Å². The molecule has 1 aromatic rings. The number of hydrogen-bond acceptors (Lipinski definition) is 4. The van der Waals surface area contributed by atoms with Crippen molar-refractivity contribution in [2.24, 2.45) is 0 Å². The van der Waals surface area contributed by atoms with Crippen LogP contribution in [0.1, 0.15) is 12.0 Å². The molecule has 0 saturated heterocycles. The molecule has 18 heavy (non-hydrogen) atoms. The molecule has 8 heteroatoms. The van der Waals surface area contributed by atoms with Crippen LogP contribution in [-0.2, 0) is 0 Å². The molecule has 1 aromatic carbocycles. The van der Waals surface area contributed by atoms with Gasteiger partial charge in [-0.25, -0.2) is 0 Å². The summed E-state index contributed by atoms with van der Waals surface area (Å²) in [6.07, 6.45) is -5.51. The molecule has 0 aliphatic carbocycles. The molecule has 0 amide bonds. The fourth-order valence-corrected chi connectivity index (χ4v) is 1.12. The van der Waals surface area contributed by atoms with E-state index in [-0.39, 0.29) is 17.0 Å². The molecule has 0 unspecified atom stereocenters. The van der Waals surface area contributed by atoms with E-state index in [0.717, 1.165) is 18.2 Å². The van der Waals surface area contributed by atoms with Gasteiger partial charge in [0.1, 0.15) is 17.4 Å². The number of nitriles is 1. The molecular weight excluding hydrogens is 253 g/mol. The molecule has 0 radical (unpaired) electrons. The molecule has 0 heterocycles. The highest BCUT2D eigenvalue weighted by molar-refractivity contribution is 5.50. The third kappa shape index (κ3) is 3.93. The number of benzene rings is 1. The van der Waals surface area contributed by atoms with Crippen LogP contribution in [0.25, 0.3) is 0 Å². The molecule has 0 saturated carbocycles. The van der Waals surface area contributed by atoms with E-state index in [1.807, 2.05) is 0 Å². The van der Waals surface area contributed by atoms with Gasteiger partial charge in [0.05, 0.1) is 18.0 Å². The zero-order chi connectivity index (χ0) is 13.8. The van der Waals surface area contributed by atoms with Crippen molar-refractivity contribution in [3.63, 3.8) is 0 Å². The summed E-state index contributed by atoms with van der Waals surface area (Å²) in [5.41, 5.74) is -0.499. The van der Waals surface area contributed by atoms with Crippen LogP contribution in [0.15, 0.2) is 18.2 Å². The number of nitrogens with zero attached hydrogens (tertiary/aromatic N) is 2. The molecule has 0 bridgehead atoms. The van der Waals surface area contributed by atoms with Crippen LogP contribution in [0.3, 0.4) is 0 Å². The summed E-state index contributed by atoms with van der Waals surface area (Å²) in [5, 5.41) is 19.1. The average Bonchev–Trinajstić information content (AvgIpc) is 2.27. The van der Waals surface area contributed by atoms with Crippen molar-refractivity contribution in [1.82, 2.24) is 0 Å². The van der Waals surface area contributed by atoms with Crippen molar-refractivity contribution in [2.75, 3.05) is 6.61 Å². The lowest BCUT2D eigenvalue weighted by atomic mass is 10.2. The summed E-state index contributed by atoms with van der Waals surface area (Å²) in [4.78, 5) is 9.72. The maximum absolute atomic E-state index is 11.9. The Morgan fingerprint density at radius 2 is 2.11 bits per heavy atom. The number of non-ortho nitro benzene ring substituents is 1. The minimum atomic E-state index is -4.35.